The molecule has 0 fully saturated rings. The maximum Gasteiger partial charge on any atom is 0.119 e. The quantitative estimate of drug-likeness (QED) is 0.621. The highest BCUT2D eigenvalue weighted by atomic mass is 16.3. The summed E-state index contributed by atoms with van der Waals surface area (Å²) in [5.74, 6) is 0.147. The number of aromatic hydroxyl groups is 1. The van der Waals surface area contributed by atoms with Crippen LogP contribution in [0.25, 0.3) is 10.8 Å². The van der Waals surface area contributed by atoms with Crippen LogP contribution in [-0.2, 0) is 0 Å². The van der Waals surface area contributed by atoms with Crippen molar-refractivity contribution in [3.63, 3.8) is 0 Å². The van der Waals surface area contributed by atoms with Crippen LogP contribution in [0.5, 0.6) is 5.75 Å². The van der Waals surface area contributed by atoms with Crippen molar-refractivity contribution < 1.29 is 5.11 Å². The Morgan fingerprint density at radius 2 is 1.75 bits per heavy atom. The summed E-state index contributed by atoms with van der Waals surface area (Å²) < 4.78 is 0. The number of phenolic OH excluding ortho intramolecular Hbond substituents is 1. The van der Waals surface area contributed by atoms with Crippen LogP contribution in [0.4, 0.5) is 0 Å². The summed E-state index contributed by atoms with van der Waals surface area (Å²) in [6.45, 7) is 5.67. The van der Waals surface area contributed by atoms with Crippen LogP contribution >= 0.6 is 0 Å². The minimum Gasteiger partial charge on any atom is -0.508 e. The third-order valence-corrected chi connectivity index (χ3v) is 1.95. The van der Waals surface area contributed by atoms with Crippen molar-refractivity contribution in [2.75, 3.05) is 0 Å². The van der Waals surface area contributed by atoms with E-state index >= 15 is 0 Å². The Bertz CT molecular complexity index is 418. The van der Waals surface area contributed by atoms with Crippen molar-refractivity contribution in [3.8, 4) is 5.75 Å². The molecule has 2 rings (SSSR count). The second kappa shape index (κ2) is 2.52. The summed E-state index contributed by atoms with van der Waals surface area (Å²) in [6, 6.07) is 11.2. The maximum atomic E-state index is 9.29. The van der Waals surface area contributed by atoms with E-state index in [0.29, 0.717) is 5.56 Å². The molecule has 12 heavy (non-hydrogen) atoms. The summed E-state index contributed by atoms with van der Waals surface area (Å²) in [5.41, 5.74) is 0.452. The topological polar surface area (TPSA) is 20.2 Å². The van der Waals surface area contributed by atoms with Gasteiger partial charge in [-0.05, 0) is 16.8 Å². The van der Waals surface area contributed by atoms with E-state index in [-0.39, 0.29) is 5.75 Å². The lowest BCUT2D eigenvalue weighted by Crippen LogP contribution is -1.78. The van der Waals surface area contributed by atoms with Gasteiger partial charge < -0.3 is 5.11 Å². The zero-order valence-corrected chi connectivity index (χ0v) is 6.49. The Labute approximate surface area is 71.3 Å². The number of hydrogen-bond acceptors (Lipinski definition) is 1. The molecule has 0 heterocycles. The van der Waals surface area contributed by atoms with Crippen molar-refractivity contribution >= 4 is 10.8 Å². The fourth-order valence-electron chi connectivity index (χ4n) is 1.28. The molecule has 0 spiro atoms. The van der Waals surface area contributed by atoms with Crippen LogP contribution in [0.3, 0.4) is 0 Å². The molecular weight excluding hydrogens is 148 g/mol. The third kappa shape index (κ3) is 0.944. The molecule has 2 radical (unpaired) electrons. The standard InChI is InChI=1S/C11H8O/c1-8-10-5-3-2-4-9(10)6-7-11(8)12/h1-7,12H. The molecule has 1 nitrogen and oxygen atoms in total. The van der Waals surface area contributed by atoms with Gasteiger partial charge in [-0.1, -0.05) is 30.3 Å². The van der Waals surface area contributed by atoms with Crippen LogP contribution < -0.4 is 0 Å². The zero-order chi connectivity index (χ0) is 8.55. The molecule has 0 aromatic heterocycles. The Morgan fingerprint density at radius 1 is 1.00 bits per heavy atom. The number of rotatable bonds is 0. The first kappa shape index (κ1) is 7.17. The third-order valence-electron chi connectivity index (χ3n) is 1.95. The predicted octanol–water partition coefficient (Wildman–Crippen LogP) is 2.60. The van der Waals surface area contributed by atoms with Gasteiger partial charge in [0, 0.05) is 12.5 Å². The molecule has 0 aliphatic rings. The van der Waals surface area contributed by atoms with E-state index in [2.05, 4.69) is 0 Å². The van der Waals surface area contributed by atoms with Gasteiger partial charge in [0.1, 0.15) is 5.75 Å². The largest absolute Gasteiger partial charge is 0.508 e. The molecular formula is C11H8O. The highest BCUT2D eigenvalue weighted by Gasteiger charge is 1.99. The van der Waals surface area contributed by atoms with Gasteiger partial charge in [0.15, 0.2) is 0 Å². The Kier molecular flexibility index (Phi) is 1.51. The highest BCUT2D eigenvalue weighted by molar-refractivity contribution is 5.88. The molecule has 0 aliphatic heterocycles. The molecule has 0 saturated carbocycles. The molecule has 0 bridgehead atoms. The van der Waals surface area contributed by atoms with Gasteiger partial charge in [0.25, 0.3) is 0 Å². The van der Waals surface area contributed by atoms with E-state index in [4.69, 9.17) is 6.92 Å². The van der Waals surface area contributed by atoms with Gasteiger partial charge >= 0.3 is 0 Å². The predicted molar refractivity (Wildman–Crippen MR) is 49.0 cm³/mol. The Balaban J connectivity index is 2.91. The zero-order valence-electron chi connectivity index (χ0n) is 6.49. The smallest absolute Gasteiger partial charge is 0.119 e. The van der Waals surface area contributed by atoms with Crippen LogP contribution in [0.1, 0.15) is 5.56 Å². The number of fused-ring (bicyclic) bond motifs is 1. The van der Waals surface area contributed by atoms with E-state index in [1.54, 1.807) is 6.07 Å². The van der Waals surface area contributed by atoms with Crippen molar-refractivity contribution in [2.24, 2.45) is 0 Å². The van der Waals surface area contributed by atoms with Gasteiger partial charge in [-0.3, -0.25) is 0 Å². The van der Waals surface area contributed by atoms with Crippen LogP contribution in [0.15, 0.2) is 36.4 Å². The second-order valence-corrected chi connectivity index (χ2v) is 2.72. The molecule has 0 atom stereocenters. The fraction of sp³-hybridized carbons (Fsp3) is 0. The van der Waals surface area contributed by atoms with E-state index < -0.39 is 0 Å². The SMILES string of the molecule is [CH]c1c(O)ccc2ccccc12. The molecule has 2 aromatic carbocycles. The van der Waals surface area contributed by atoms with Crippen molar-refractivity contribution in [2.45, 2.75) is 0 Å². The maximum absolute atomic E-state index is 9.29. The minimum atomic E-state index is 0.147. The summed E-state index contributed by atoms with van der Waals surface area (Å²) in [5, 5.41) is 11.2. The molecule has 1 heteroatoms. The van der Waals surface area contributed by atoms with Crippen molar-refractivity contribution in [1.29, 1.82) is 0 Å². The highest BCUT2D eigenvalue weighted by Crippen LogP contribution is 2.25. The first-order valence-electron chi connectivity index (χ1n) is 3.75. The number of hydrogen-bond donors (Lipinski definition) is 1. The normalized spacial score (nSPS) is 10.4. The van der Waals surface area contributed by atoms with Crippen molar-refractivity contribution in [3.05, 3.63) is 48.9 Å². The van der Waals surface area contributed by atoms with Crippen LogP contribution in [0.2, 0.25) is 0 Å². The van der Waals surface area contributed by atoms with Gasteiger partial charge in [0.2, 0.25) is 0 Å². The molecule has 2 aromatic rings. The lowest BCUT2D eigenvalue weighted by molar-refractivity contribution is 0.474. The number of benzene rings is 2. The van der Waals surface area contributed by atoms with Crippen LogP contribution in [0, 0.1) is 6.92 Å². The molecule has 0 saturated heterocycles. The summed E-state index contributed by atoms with van der Waals surface area (Å²) >= 11 is 0. The molecule has 0 unspecified atom stereocenters. The van der Waals surface area contributed by atoms with Gasteiger partial charge in [-0.25, -0.2) is 0 Å². The van der Waals surface area contributed by atoms with E-state index in [1.807, 2.05) is 30.3 Å². The molecule has 0 aliphatic carbocycles. The molecule has 0 amide bonds. The first-order chi connectivity index (χ1) is 5.79. The van der Waals surface area contributed by atoms with Gasteiger partial charge in [-0.15, -0.1) is 0 Å². The van der Waals surface area contributed by atoms with Gasteiger partial charge in [-0.2, -0.15) is 0 Å². The second-order valence-electron chi connectivity index (χ2n) is 2.72. The average Bonchev–Trinajstić information content (AvgIpc) is 2.12. The van der Waals surface area contributed by atoms with Gasteiger partial charge in [0.05, 0.1) is 0 Å². The summed E-state index contributed by atoms with van der Waals surface area (Å²) in [4.78, 5) is 0. The first-order valence-corrected chi connectivity index (χ1v) is 3.75. The van der Waals surface area contributed by atoms with Crippen LogP contribution in [-0.4, -0.2) is 5.11 Å². The van der Waals surface area contributed by atoms with E-state index in [1.165, 1.54) is 0 Å². The minimum absolute atomic E-state index is 0.147. The Hall–Kier alpha value is -1.50. The summed E-state index contributed by atoms with van der Waals surface area (Å²) in [7, 11) is 0. The fourth-order valence-corrected chi connectivity index (χ4v) is 1.28. The lowest BCUT2D eigenvalue weighted by atomic mass is 10.1. The molecule has 1 N–H and O–H groups in total. The van der Waals surface area contributed by atoms with E-state index in [9.17, 15) is 5.11 Å². The monoisotopic (exact) mass is 156 g/mol. The van der Waals surface area contributed by atoms with Crippen molar-refractivity contribution in [1.82, 2.24) is 0 Å². The lowest BCUT2D eigenvalue weighted by Gasteiger charge is -2.02. The Morgan fingerprint density at radius 3 is 2.58 bits per heavy atom. The summed E-state index contributed by atoms with van der Waals surface area (Å²) in [6.07, 6.45) is 0. The average molecular weight is 156 g/mol. The molecule has 58 valence electrons. The number of phenols is 1. The van der Waals surface area contributed by atoms with E-state index in [0.717, 1.165) is 10.8 Å².